The fourth-order valence-electron chi connectivity index (χ4n) is 3.39. The third kappa shape index (κ3) is 2.53. The monoisotopic (exact) mass is 233 g/mol. The Balaban J connectivity index is 1.70. The highest BCUT2D eigenvalue weighted by Crippen LogP contribution is 2.34. The summed E-state index contributed by atoms with van der Waals surface area (Å²) >= 11 is 0. The molecule has 0 amide bonds. The first-order valence-corrected chi connectivity index (χ1v) is 7.35. The van der Waals surface area contributed by atoms with Crippen molar-refractivity contribution in [1.29, 1.82) is 0 Å². The number of hydrogen-bond acceptors (Lipinski definition) is 2. The molecule has 0 aromatic carbocycles. The van der Waals surface area contributed by atoms with Gasteiger partial charge in [-0.25, -0.2) is 4.98 Å². The zero-order chi connectivity index (χ0) is 11.5. The minimum atomic E-state index is 0.629. The molecule has 3 nitrogen and oxygen atoms in total. The molecule has 0 unspecified atom stereocenters. The van der Waals surface area contributed by atoms with Crippen molar-refractivity contribution in [3.05, 3.63) is 11.6 Å². The van der Waals surface area contributed by atoms with Crippen molar-refractivity contribution in [2.24, 2.45) is 0 Å². The second kappa shape index (κ2) is 5.19. The van der Waals surface area contributed by atoms with Gasteiger partial charge in [0, 0.05) is 11.8 Å². The SMILES string of the molecule is C1CCCC(c2n[nH]c(C3CCCC3)n2)CC1. The van der Waals surface area contributed by atoms with Crippen molar-refractivity contribution in [2.75, 3.05) is 0 Å². The Hall–Kier alpha value is -0.860. The first-order valence-electron chi connectivity index (χ1n) is 7.35. The third-order valence-corrected chi connectivity index (χ3v) is 4.48. The first-order chi connectivity index (χ1) is 8.43. The predicted octanol–water partition coefficient (Wildman–Crippen LogP) is 3.90. The summed E-state index contributed by atoms with van der Waals surface area (Å²) in [6.45, 7) is 0. The number of nitrogens with one attached hydrogen (secondary N) is 1. The summed E-state index contributed by atoms with van der Waals surface area (Å²) in [5.74, 6) is 3.57. The number of aromatic nitrogens is 3. The second-order valence-electron chi connectivity index (χ2n) is 5.75. The van der Waals surface area contributed by atoms with Gasteiger partial charge in [0.05, 0.1) is 0 Å². The highest BCUT2D eigenvalue weighted by Gasteiger charge is 2.23. The molecule has 1 heterocycles. The van der Waals surface area contributed by atoms with Gasteiger partial charge in [-0.15, -0.1) is 0 Å². The molecule has 1 aromatic heterocycles. The number of rotatable bonds is 2. The molecule has 2 aliphatic rings. The quantitative estimate of drug-likeness (QED) is 0.787. The lowest BCUT2D eigenvalue weighted by Crippen LogP contribution is -2.00. The average molecular weight is 233 g/mol. The van der Waals surface area contributed by atoms with E-state index in [0.717, 1.165) is 5.82 Å². The van der Waals surface area contributed by atoms with Crippen molar-refractivity contribution in [3.8, 4) is 0 Å². The van der Waals surface area contributed by atoms with Gasteiger partial charge in [0.15, 0.2) is 5.82 Å². The van der Waals surface area contributed by atoms with Crippen LogP contribution >= 0.6 is 0 Å². The molecule has 3 heteroatoms. The van der Waals surface area contributed by atoms with Gasteiger partial charge in [-0.3, -0.25) is 5.10 Å². The zero-order valence-electron chi connectivity index (χ0n) is 10.6. The van der Waals surface area contributed by atoms with E-state index in [1.165, 1.54) is 70.0 Å². The number of H-pyrrole nitrogens is 1. The molecule has 94 valence electrons. The summed E-state index contributed by atoms with van der Waals surface area (Å²) in [5, 5.41) is 7.69. The number of aromatic amines is 1. The summed E-state index contributed by atoms with van der Waals surface area (Å²) in [5.41, 5.74) is 0. The lowest BCUT2D eigenvalue weighted by atomic mass is 10.00. The van der Waals surface area contributed by atoms with Crippen molar-refractivity contribution in [1.82, 2.24) is 15.2 Å². The van der Waals surface area contributed by atoms with E-state index >= 15 is 0 Å². The Kier molecular flexibility index (Phi) is 3.44. The molecule has 2 aliphatic carbocycles. The number of hydrogen-bond donors (Lipinski definition) is 1. The lowest BCUT2D eigenvalue weighted by molar-refractivity contribution is 0.561. The molecular formula is C14H23N3. The van der Waals surface area contributed by atoms with E-state index < -0.39 is 0 Å². The van der Waals surface area contributed by atoms with E-state index in [2.05, 4.69) is 10.2 Å². The predicted molar refractivity (Wildman–Crippen MR) is 68.0 cm³/mol. The van der Waals surface area contributed by atoms with E-state index in [-0.39, 0.29) is 0 Å². The molecule has 0 spiro atoms. The van der Waals surface area contributed by atoms with Crippen LogP contribution in [0.25, 0.3) is 0 Å². The second-order valence-corrected chi connectivity index (χ2v) is 5.75. The van der Waals surface area contributed by atoms with E-state index in [1.54, 1.807) is 0 Å². The Bertz CT molecular complexity index is 344. The topological polar surface area (TPSA) is 41.6 Å². The van der Waals surface area contributed by atoms with Crippen LogP contribution in [0.3, 0.4) is 0 Å². The molecule has 2 fully saturated rings. The van der Waals surface area contributed by atoms with Crippen LogP contribution < -0.4 is 0 Å². The van der Waals surface area contributed by atoms with Crippen LogP contribution in [-0.4, -0.2) is 15.2 Å². The lowest BCUT2D eigenvalue weighted by Gasteiger charge is -2.08. The van der Waals surface area contributed by atoms with E-state index in [4.69, 9.17) is 4.98 Å². The maximum atomic E-state index is 4.79. The van der Waals surface area contributed by atoms with Crippen molar-refractivity contribution >= 4 is 0 Å². The molecule has 0 saturated heterocycles. The molecule has 17 heavy (non-hydrogen) atoms. The summed E-state index contributed by atoms with van der Waals surface area (Å²) in [4.78, 5) is 4.79. The van der Waals surface area contributed by atoms with Crippen LogP contribution in [0.1, 0.15) is 87.7 Å². The molecule has 3 rings (SSSR count). The van der Waals surface area contributed by atoms with Gasteiger partial charge in [-0.1, -0.05) is 38.5 Å². The number of nitrogens with zero attached hydrogens (tertiary/aromatic N) is 2. The Labute approximate surface area is 103 Å². The molecule has 1 aromatic rings. The summed E-state index contributed by atoms with van der Waals surface area (Å²) < 4.78 is 0. The van der Waals surface area contributed by atoms with Gasteiger partial charge in [-0.2, -0.15) is 5.10 Å². The molecule has 0 atom stereocenters. The third-order valence-electron chi connectivity index (χ3n) is 4.48. The van der Waals surface area contributed by atoms with Crippen molar-refractivity contribution < 1.29 is 0 Å². The Morgan fingerprint density at radius 1 is 0.765 bits per heavy atom. The zero-order valence-corrected chi connectivity index (χ0v) is 10.6. The fraction of sp³-hybridized carbons (Fsp3) is 0.857. The van der Waals surface area contributed by atoms with E-state index in [1.807, 2.05) is 0 Å². The van der Waals surface area contributed by atoms with E-state index in [0.29, 0.717) is 11.8 Å². The smallest absolute Gasteiger partial charge is 0.153 e. The van der Waals surface area contributed by atoms with Crippen LogP contribution in [0.15, 0.2) is 0 Å². The minimum absolute atomic E-state index is 0.629. The van der Waals surface area contributed by atoms with Crippen molar-refractivity contribution in [3.63, 3.8) is 0 Å². The highest BCUT2D eigenvalue weighted by atomic mass is 15.2. The fourth-order valence-corrected chi connectivity index (χ4v) is 3.39. The van der Waals surface area contributed by atoms with Gasteiger partial charge in [0.1, 0.15) is 5.82 Å². The molecular weight excluding hydrogens is 210 g/mol. The molecule has 0 radical (unpaired) electrons. The van der Waals surface area contributed by atoms with E-state index in [9.17, 15) is 0 Å². The minimum Gasteiger partial charge on any atom is -0.263 e. The molecule has 2 saturated carbocycles. The maximum Gasteiger partial charge on any atom is 0.153 e. The Morgan fingerprint density at radius 3 is 2.06 bits per heavy atom. The van der Waals surface area contributed by atoms with Gasteiger partial charge >= 0.3 is 0 Å². The first kappa shape index (κ1) is 11.2. The van der Waals surface area contributed by atoms with Gasteiger partial charge in [-0.05, 0) is 25.7 Å². The van der Waals surface area contributed by atoms with Crippen LogP contribution in [0.4, 0.5) is 0 Å². The van der Waals surface area contributed by atoms with Crippen LogP contribution in [0.5, 0.6) is 0 Å². The summed E-state index contributed by atoms with van der Waals surface area (Å²) in [6, 6.07) is 0. The molecule has 1 N–H and O–H groups in total. The normalized spacial score (nSPS) is 24.0. The maximum absolute atomic E-state index is 4.79. The summed E-state index contributed by atoms with van der Waals surface area (Å²) in [7, 11) is 0. The van der Waals surface area contributed by atoms with Gasteiger partial charge in [0.25, 0.3) is 0 Å². The average Bonchev–Trinajstić information content (AvgIpc) is 2.95. The molecule has 0 aliphatic heterocycles. The van der Waals surface area contributed by atoms with Crippen LogP contribution in [-0.2, 0) is 0 Å². The van der Waals surface area contributed by atoms with Crippen LogP contribution in [0, 0.1) is 0 Å². The highest BCUT2D eigenvalue weighted by molar-refractivity contribution is 5.04. The largest absolute Gasteiger partial charge is 0.263 e. The standard InChI is InChI=1S/C14H23N3/c1-2-4-8-11(7-3-1)13-15-14(17-16-13)12-9-5-6-10-12/h11-12H,1-10H2,(H,15,16,17). The van der Waals surface area contributed by atoms with Crippen molar-refractivity contribution in [2.45, 2.75) is 76.0 Å². The van der Waals surface area contributed by atoms with Crippen LogP contribution in [0.2, 0.25) is 0 Å². The molecule has 0 bridgehead atoms. The Morgan fingerprint density at radius 2 is 1.35 bits per heavy atom. The van der Waals surface area contributed by atoms with Gasteiger partial charge in [0.2, 0.25) is 0 Å². The summed E-state index contributed by atoms with van der Waals surface area (Å²) in [6.07, 6.45) is 13.4. The van der Waals surface area contributed by atoms with Gasteiger partial charge < -0.3 is 0 Å².